The van der Waals surface area contributed by atoms with Gasteiger partial charge in [0.1, 0.15) is 6.04 Å². The number of halogens is 2. The Hall–Kier alpha value is -1.49. The molecule has 82 valence electrons. The minimum atomic E-state index is -2.57. The van der Waals surface area contributed by atoms with Crippen molar-refractivity contribution in [1.29, 1.82) is 0 Å². The first-order valence-corrected chi connectivity index (χ1v) is 4.27. The average molecular weight is 215 g/mol. The van der Waals surface area contributed by atoms with Gasteiger partial charge in [-0.3, -0.25) is 4.79 Å². The van der Waals surface area contributed by atoms with Crippen molar-refractivity contribution in [3.05, 3.63) is 35.4 Å². The number of benzene rings is 1. The number of methoxy groups -OCH3 is 1. The lowest BCUT2D eigenvalue weighted by molar-refractivity contribution is -0.142. The number of carbonyl (C=O) groups excluding carboxylic acids is 1. The van der Waals surface area contributed by atoms with E-state index in [1.807, 2.05) is 0 Å². The van der Waals surface area contributed by atoms with Crippen LogP contribution >= 0.6 is 0 Å². The number of nitrogens with two attached hydrogens (primary N) is 1. The molecule has 0 saturated carbocycles. The maximum atomic E-state index is 12.3. The molecule has 0 aliphatic heterocycles. The predicted octanol–water partition coefficient (Wildman–Crippen LogP) is 1.80. The summed E-state index contributed by atoms with van der Waals surface area (Å²) in [6.07, 6.45) is -2.57. The van der Waals surface area contributed by atoms with Crippen molar-refractivity contribution >= 4 is 5.97 Å². The van der Waals surface area contributed by atoms with Crippen LogP contribution in [0.5, 0.6) is 0 Å². The van der Waals surface area contributed by atoms with Crippen molar-refractivity contribution in [3.8, 4) is 0 Å². The van der Waals surface area contributed by atoms with Gasteiger partial charge in [-0.1, -0.05) is 18.2 Å². The molecule has 1 rings (SSSR count). The Morgan fingerprint density at radius 3 is 2.53 bits per heavy atom. The van der Waals surface area contributed by atoms with Gasteiger partial charge in [0.25, 0.3) is 6.43 Å². The number of alkyl halides is 2. The Morgan fingerprint density at radius 1 is 1.40 bits per heavy atom. The van der Waals surface area contributed by atoms with Gasteiger partial charge in [-0.05, 0) is 11.6 Å². The molecule has 1 aromatic carbocycles. The standard InChI is InChI=1S/C10H11F2NO2/c1-15-10(14)8(13)6-3-2-4-7(5-6)9(11)12/h2-5,8-9H,13H2,1H3. The number of esters is 1. The zero-order valence-corrected chi connectivity index (χ0v) is 8.11. The summed E-state index contributed by atoms with van der Waals surface area (Å²) in [6.45, 7) is 0. The monoisotopic (exact) mass is 215 g/mol. The van der Waals surface area contributed by atoms with Gasteiger partial charge < -0.3 is 10.5 Å². The molecule has 15 heavy (non-hydrogen) atoms. The van der Waals surface area contributed by atoms with Crippen LogP contribution in [0.3, 0.4) is 0 Å². The maximum Gasteiger partial charge on any atom is 0.327 e. The van der Waals surface area contributed by atoms with E-state index in [2.05, 4.69) is 4.74 Å². The Morgan fingerprint density at radius 2 is 2.00 bits per heavy atom. The lowest BCUT2D eigenvalue weighted by atomic mass is 10.1. The van der Waals surface area contributed by atoms with Crippen LogP contribution in [0.4, 0.5) is 8.78 Å². The first-order valence-electron chi connectivity index (χ1n) is 4.27. The highest BCUT2D eigenvalue weighted by Crippen LogP contribution is 2.22. The van der Waals surface area contributed by atoms with E-state index in [0.717, 1.165) is 0 Å². The van der Waals surface area contributed by atoms with Gasteiger partial charge in [-0.2, -0.15) is 0 Å². The molecule has 0 amide bonds. The average Bonchev–Trinajstić information content (AvgIpc) is 2.27. The third kappa shape index (κ3) is 2.73. The molecular formula is C10H11F2NO2. The second kappa shape index (κ2) is 4.84. The van der Waals surface area contributed by atoms with Gasteiger partial charge in [0, 0.05) is 5.56 Å². The van der Waals surface area contributed by atoms with Crippen LogP contribution in [0.2, 0.25) is 0 Å². The van der Waals surface area contributed by atoms with E-state index in [4.69, 9.17) is 5.73 Å². The SMILES string of the molecule is COC(=O)C(N)c1cccc(C(F)F)c1. The van der Waals surface area contributed by atoms with Crippen molar-refractivity contribution < 1.29 is 18.3 Å². The van der Waals surface area contributed by atoms with Crippen LogP contribution < -0.4 is 5.73 Å². The van der Waals surface area contributed by atoms with Crippen LogP contribution in [0.1, 0.15) is 23.6 Å². The molecule has 0 aromatic heterocycles. The van der Waals surface area contributed by atoms with E-state index in [-0.39, 0.29) is 5.56 Å². The van der Waals surface area contributed by atoms with Crippen LogP contribution in [-0.2, 0) is 9.53 Å². The summed E-state index contributed by atoms with van der Waals surface area (Å²) in [5.41, 5.74) is 5.66. The smallest absolute Gasteiger partial charge is 0.327 e. The second-order valence-electron chi connectivity index (χ2n) is 2.97. The highest BCUT2D eigenvalue weighted by Gasteiger charge is 2.17. The van der Waals surface area contributed by atoms with Crippen molar-refractivity contribution in [2.75, 3.05) is 7.11 Å². The third-order valence-corrected chi connectivity index (χ3v) is 1.98. The Kier molecular flexibility index (Phi) is 3.74. The first-order chi connectivity index (χ1) is 7.06. The quantitative estimate of drug-likeness (QED) is 0.782. The van der Waals surface area contributed by atoms with Gasteiger partial charge in [0.2, 0.25) is 0 Å². The number of hydrogen-bond acceptors (Lipinski definition) is 3. The molecule has 3 nitrogen and oxygen atoms in total. The summed E-state index contributed by atoms with van der Waals surface area (Å²) in [5, 5.41) is 0. The molecule has 0 heterocycles. The van der Waals surface area contributed by atoms with Crippen LogP contribution in [0.25, 0.3) is 0 Å². The molecule has 0 aliphatic rings. The molecule has 0 bridgehead atoms. The van der Waals surface area contributed by atoms with Crippen LogP contribution in [0.15, 0.2) is 24.3 Å². The second-order valence-corrected chi connectivity index (χ2v) is 2.97. The van der Waals surface area contributed by atoms with E-state index in [0.29, 0.717) is 5.56 Å². The lowest BCUT2D eigenvalue weighted by Crippen LogP contribution is -2.22. The fraction of sp³-hybridized carbons (Fsp3) is 0.300. The molecule has 0 fully saturated rings. The summed E-state index contributed by atoms with van der Waals surface area (Å²) in [5.74, 6) is -0.651. The van der Waals surface area contributed by atoms with E-state index in [9.17, 15) is 13.6 Å². The molecule has 2 N–H and O–H groups in total. The fourth-order valence-electron chi connectivity index (χ4n) is 1.15. The summed E-state index contributed by atoms with van der Waals surface area (Å²) >= 11 is 0. The number of rotatable bonds is 3. The van der Waals surface area contributed by atoms with Gasteiger partial charge >= 0.3 is 5.97 Å². The van der Waals surface area contributed by atoms with Crippen LogP contribution in [-0.4, -0.2) is 13.1 Å². The molecule has 1 atom stereocenters. The van der Waals surface area contributed by atoms with E-state index >= 15 is 0 Å². The van der Waals surface area contributed by atoms with Crippen molar-refractivity contribution in [2.24, 2.45) is 5.73 Å². The zero-order chi connectivity index (χ0) is 11.4. The van der Waals surface area contributed by atoms with Gasteiger partial charge in [-0.25, -0.2) is 8.78 Å². The Labute approximate surface area is 85.8 Å². The highest BCUT2D eigenvalue weighted by molar-refractivity contribution is 5.77. The topological polar surface area (TPSA) is 52.3 Å². The molecule has 1 unspecified atom stereocenters. The van der Waals surface area contributed by atoms with Gasteiger partial charge in [0.05, 0.1) is 7.11 Å². The molecule has 0 spiro atoms. The fourth-order valence-corrected chi connectivity index (χ4v) is 1.15. The van der Waals surface area contributed by atoms with Crippen LogP contribution in [0, 0.1) is 0 Å². The van der Waals surface area contributed by atoms with E-state index < -0.39 is 18.4 Å². The molecule has 1 aromatic rings. The molecule has 5 heteroatoms. The Balaban J connectivity index is 2.95. The number of hydrogen-bond donors (Lipinski definition) is 1. The van der Waals surface area contributed by atoms with Crippen molar-refractivity contribution in [2.45, 2.75) is 12.5 Å². The summed E-state index contributed by atoms with van der Waals surface area (Å²) in [6, 6.07) is 4.39. The van der Waals surface area contributed by atoms with Gasteiger partial charge in [0.15, 0.2) is 0 Å². The van der Waals surface area contributed by atoms with Crippen molar-refractivity contribution in [1.82, 2.24) is 0 Å². The summed E-state index contributed by atoms with van der Waals surface area (Å²) < 4.78 is 29.1. The normalized spacial score (nSPS) is 12.6. The first kappa shape index (κ1) is 11.6. The number of ether oxygens (including phenoxy) is 1. The summed E-state index contributed by atoms with van der Waals surface area (Å²) in [4.78, 5) is 11.1. The van der Waals surface area contributed by atoms with Crippen molar-refractivity contribution in [3.63, 3.8) is 0 Å². The van der Waals surface area contributed by atoms with E-state index in [1.165, 1.54) is 31.4 Å². The molecule has 0 saturated heterocycles. The largest absolute Gasteiger partial charge is 0.468 e. The minimum absolute atomic E-state index is 0.160. The zero-order valence-electron chi connectivity index (χ0n) is 8.11. The lowest BCUT2D eigenvalue weighted by Gasteiger charge is -2.10. The summed E-state index contributed by atoms with van der Waals surface area (Å²) in [7, 11) is 1.19. The maximum absolute atomic E-state index is 12.3. The predicted molar refractivity (Wildman–Crippen MR) is 50.3 cm³/mol. The van der Waals surface area contributed by atoms with E-state index in [1.54, 1.807) is 0 Å². The van der Waals surface area contributed by atoms with Gasteiger partial charge in [-0.15, -0.1) is 0 Å². The molecule has 0 radical (unpaired) electrons. The molecular weight excluding hydrogens is 204 g/mol. The third-order valence-electron chi connectivity index (χ3n) is 1.98. The Bertz CT molecular complexity index is 355. The number of carbonyl (C=O) groups is 1. The molecule has 0 aliphatic carbocycles. The minimum Gasteiger partial charge on any atom is -0.468 e. The highest BCUT2D eigenvalue weighted by atomic mass is 19.3.